The van der Waals surface area contributed by atoms with E-state index in [0.717, 1.165) is 23.4 Å². The third-order valence-corrected chi connectivity index (χ3v) is 9.33. The second-order valence-electron chi connectivity index (χ2n) is 8.23. The van der Waals surface area contributed by atoms with Gasteiger partial charge in [0.25, 0.3) is 11.7 Å². The third-order valence-electron chi connectivity index (χ3n) is 5.63. The standard InChI is InChI=1S/C23H20BrClFN3O5S2/c1-35(31,32)20-12-16(8-9-18(20)15-6-3-2-4-7-15)29-11-5-10-23(26,22(29)30)28-36(33,34)17-13-19(24)21(25)27-14-17/h2-4,6-9,12-14,28H,5,10-11H2,1H3. The molecule has 0 aliphatic carbocycles. The Hall–Kier alpha value is -2.38. The number of anilines is 1. The molecular weight excluding hydrogens is 597 g/mol. The first-order valence-electron chi connectivity index (χ1n) is 10.6. The van der Waals surface area contributed by atoms with Gasteiger partial charge in [0.2, 0.25) is 10.0 Å². The highest BCUT2D eigenvalue weighted by atomic mass is 79.9. The number of hydrogen-bond acceptors (Lipinski definition) is 6. The molecule has 2 aromatic carbocycles. The van der Waals surface area contributed by atoms with Crippen LogP contribution < -0.4 is 9.62 Å². The Kier molecular flexibility index (Phi) is 7.28. The molecule has 1 unspecified atom stereocenters. The summed E-state index contributed by atoms with van der Waals surface area (Å²) in [7, 11) is -8.22. The maximum atomic E-state index is 15.9. The molecule has 190 valence electrons. The van der Waals surface area contributed by atoms with E-state index in [1.165, 1.54) is 12.1 Å². The molecule has 1 aromatic heterocycles. The second kappa shape index (κ2) is 9.82. The number of aromatic nitrogens is 1. The van der Waals surface area contributed by atoms with Gasteiger partial charge >= 0.3 is 0 Å². The van der Waals surface area contributed by atoms with E-state index in [0.29, 0.717) is 11.1 Å². The third kappa shape index (κ3) is 5.32. The van der Waals surface area contributed by atoms with Gasteiger partial charge in [-0.15, -0.1) is 0 Å². The van der Waals surface area contributed by atoms with Crippen molar-refractivity contribution in [3.05, 3.63) is 70.4 Å². The molecular formula is C23H20BrClFN3O5S2. The normalized spacial score (nSPS) is 18.9. The molecule has 8 nitrogen and oxygen atoms in total. The van der Waals surface area contributed by atoms with E-state index < -0.39 is 38.0 Å². The van der Waals surface area contributed by atoms with E-state index in [-0.39, 0.29) is 38.1 Å². The fourth-order valence-corrected chi connectivity index (χ4v) is 6.63. The number of pyridine rings is 1. The average Bonchev–Trinajstić information content (AvgIpc) is 2.82. The van der Waals surface area contributed by atoms with Crippen LogP contribution in [0.3, 0.4) is 0 Å². The summed E-state index contributed by atoms with van der Waals surface area (Å²) in [6.45, 7) is 0.0775. The maximum Gasteiger partial charge on any atom is 0.280 e. The van der Waals surface area contributed by atoms with Gasteiger partial charge in [0.05, 0.1) is 9.37 Å². The van der Waals surface area contributed by atoms with Crippen molar-refractivity contribution < 1.29 is 26.0 Å². The molecule has 0 radical (unpaired) electrons. The highest BCUT2D eigenvalue weighted by molar-refractivity contribution is 9.10. The van der Waals surface area contributed by atoms with E-state index in [1.54, 1.807) is 36.4 Å². The van der Waals surface area contributed by atoms with Gasteiger partial charge < -0.3 is 4.90 Å². The number of sulfonamides is 1. The number of carbonyl (C=O) groups excluding carboxylic acids is 1. The van der Waals surface area contributed by atoms with Crippen molar-refractivity contribution in [3.8, 4) is 11.1 Å². The second-order valence-corrected chi connectivity index (χ2v) is 13.1. The van der Waals surface area contributed by atoms with Gasteiger partial charge in [0.15, 0.2) is 9.84 Å². The molecule has 0 bridgehead atoms. The summed E-state index contributed by atoms with van der Waals surface area (Å²) in [5.41, 5.74) is 1.22. The number of rotatable bonds is 6. The summed E-state index contributed by atoms with van der Waals surface area (Å²) in [5.74, 6) is -4.10. The number of carbonyl (C=O) groups is 1. The minimum atomic E-state index is -4.49. The molecule has 2 heterocycles. The minimum absolute atomic E-state index is 0.0180. The average molecular weight is 617 g/mol. The van der Waals surface area contributed by atoms with Crippen LogP contribution in [0, 0.1) is 0 Å². The van der Waals surface area contributed by atoms with E-state index >= 15 is 4.39 Å². The summed E-state index contributed by atoms with van der Waals surface area (Å²) >= 11 is 8.87. The van der Waals surface area contributed by atoms with Crippen LogP contribution in [0.15, 0.2) is 75.1 Å². The van der Waals surface area contributed by atoms with Gasteiger partial charge in [-0.05, 0) is 46.1 Å². The minimum Gasteiger partial charge on any atom is -0.308 e. The molecule has 1 aliphatic heterocycles. The lowest BCUT2D eigenvalue weighted by molar-refractivity contribution is -0.133. The lowest BCUT2D eigenvalue weighted by Crippen LogP contribution is -2.60. The fourth-order valence-electron chi connectivity index (χ4n) is 3.91. The van der Waals surface area contributed by atoms with Crippen LogP contribution in [0.1, 0.15) is 12.8 Å². The molecule has 0 saturated carbocycles. The van der Waals surface area contributed by atoms with E-state index in [1.807, 2.05) is 4.72 Å². The molecule has 4 rings (SSSR count). The van der Waals surface area contributed by atoms with Crippen LogP contribution >= 0.6 is 27.5 Å². The zero-order valence-corrected chi connectivity index (χ0v) is 22.8. The van der Waals surface area contributed by atoms with Crippen LogP contribution in [-0.2, 0) is 24.7 Å². The largest absolute Gasteiger partial charge is 0.308 e. The van der Waals surface area contributed by atoms with Crippen LogP contribution in [0.2, 0.25) is 5.15 Å². The van der Waals surface area contributed by atoms with Crippen molar-refractivity contribution in [2.24, 2.45) is 0 Å². The van der Waals surface area contributed by atoms with Crippen LogP contribution in [0.4, 0.5) is 10.1 Å². The van der Waals surface area contributed by atoms with E-state index in [4.69, 9.17) is 11.6 Å². The first kappa shape index (κ1) is 26.7. The Morgan fingerprint density at radius 2 is 1.81 bits per heavy atom. The predicted molar refractivity (Wildman–Crippen MR) is 138 cm³/mol. The van der Waals surface area contributed by atoms with Crippen molar-refractivity contribution in [3.63, 3.8) is 0 Å². The Morgan fingerprint density at radius 3 is 2.44 bits per heavy atom. The van der Waals surface area contributed by atoms with Crippen molar-refractivity contribution in [1.82, 2.24) is 9.71 Å². The number of sulfone groups is 1. The Balaban J connectivity index is 1.69. The van der Waals surface area contributed by atoms with Crippen LogP contribution in [0.5, 0.6) is 0 Å². The first-order chi connectivity index (χ1) is 16.8. The molecule has 36 heavy (non-hydrogen) atoms. The molecule has 13 heteroatoms. The fraction of sp³-hybridized carbons (Fsp3) is 0.217. The smallest absolute Gasteiger partial charge is 0.280 e. The molecule has 1 N–H and O–H groups in total. The summed E-state index contributed by atoms with van der Waals surface area (Å²) in [6, 6.07) is 14.3. The van der Waals surface area contributed by atoms with Gasteiger partial charge in [0, 0.05) is 36.7 Å². The van der Waals surface area contributed by atoms with Gasteiger partial charge in [-0.1, -0.05) is 48.0 Å². The number of alkyl halides is 1. The van der Waals surface area contributed by atoms with Gasteiger partial charge in [0.1, 0.15) is 10.0 Å². The Bertz CT molecular complexity index is 1560. The zero-order chi connectivity index (χ0) is 26.3. The molecule has 1 atom stereocenters. The lowest BCUT2D eigenvalue weighted by Gasteiger charge is -2.36. The molecule has 1 saturated heterocycles. The maximum absolute atomic E-state index is 15.9. The molecule has 3 aromatic rings. The number of piperidine rings is 1. The van der Waals surface area contributed by atoms with Crippen molar-refractivity contribution in [2.75, 3.05) is 17.7 Å². The molecule has 0 spiro atoms. The number of nitrogens with one attached hydrogen (secondary N) is 1. The van der Waals surface area contributed by atoms with Crippen molar-refractivity contribution >= 4 is 59.0 Å². The number of hydrogen-bond donors (Lipinski definition) is 1. The van der Waals surface area contributed by atoms with Crippen LogP contribution in [-0.4, -0.2) is 46.3 Å². The number of benzene rings is 2. The topological polar surface area (TPSA) is 114 Å². The van der Waals surface area contributed by atoms with Gasteiger partial charge in [-0.2, -0.15) is 4.72 Å². The summed E-state index contributed by atoms with van der Waals surface area (Å²) < 4.78 is 68.8. The summed E-state index contributed by atoms with van der Waals surface area (Å²) in [4.78, 5) is 17.6. The molecule has 1 amide bonds. The van der Waals surface area contributed by atoms with Crippen LogP contribution in [0.25, 0.3) is 11.1 Å². The summed E-state index contributed by atoms with van der Waals surface area (Å²) in [5, 5.41) is 0.0180. The van der Waals surface area contributed by atoms with E-state index in [2.05, 4.69) is 20.9 Å². The van der Waals surface area contributed by atoms with Gasteiger partial charge in [-0.3, -0.25) is 4.79 Å². The highest BCUT2D eigenvalue weighted by Gasteiger charge is 2.48. The Morgan fingerprint density at radius 1 is 1.11 bits per heavy atom. The molecule has 1 aliphatic rings. The quantitative estimate of drug-likeness (QED) is 0.326. The number of amides is 1. The zero-order valence-electron chi connectivity index (χ0n) is 18.8. The number of nitrogens with zero attached hydrogens (tertiary/aromatic N) is 2. The SMILES string of the molecule is CS(=O)(=O)c1cc(N2CCCC(F)(NS(=O)(=O)c3cnc(Cl)c(Br)c3)C2=O)ccc1-c1ccccc1. The van der Waals surface area contributed by atoms with E-state index in [9.17, 15) is 21.6 Å². The van der Waals surface area contributed by atoms with Gasteiger partial charge in [-0.25, -0.2) is 26.2 Å². The van der Waals surface area contributed by atoms with Crippen molar-refractivity contribution in [1.29, 1.82) is 0 Å². The Labute approximate surface area is 221 Å². The summed E-state index contributed by atoms with van der Waals surface area (Å²) in [6.07, 6.45) is 1.72. The predicted octanol–water partition coefficient (Wildman–Crippen LogP) is 4.34. The highest BCUT2D eigenvalue weighted by Crippen LogP contribution is 2.35. The lowest BCUT2D eigenvalue weighted by atomic mass is 10.0. The molecule has 1 fully saturated rings. The first-order valence-corrected chi connectivity index (χ1v) is 15.1. The van der Waals surface area contributed by atoms with Crippen molar-refractivity contribution in [2.45, 2.75) is 28.4 Å². The number of halogens is 3. The monoisotopic (exact) mass is 615 g/mol.